The molecule has 1 aromatic carbocycles. The van der Waals surface area contributed by atoms with Gasteiger partial charge < -0.3 is 14.6 Å². The summed E-state index contributed by atoms with van der Waals surface area (Å²) in [6, 6.07) is 8.37. The Balaban J connectivity index is 1.62. The summed E-state index contributed by atoms with van der Waals surface area (Å²) < 4.78 is 13.8. The van der Waals surface area contributed by atoms with E-state index in [4.69, 9.17) is 9.47 Å². The van der Waals surface area contributed by atoms with Crippen LogP contribution in [0.4, 0.5) is 0 Å². The molecule has 2 heterocycles. The summed E-state index contributed by atoms with van der Waals surface area (Å²) in [7, 11) is 0. The van der Waals surface area contributed by atoms with E-state index in [1.54, 1.807) is 11.3 Å². The van der Waals surface area contributed by atoms with Gasteiger partial charge >= 0.3 is 0 Å². The van der Waals surface area contributed by atoms with Gasteiger partial charge in [0.1, 0.15) is 0 Å². The summed E-state index contributed by atoms with van der Waals surface area (Å²) in [5.41, 5.74) is -0.739. The molecule has 2 aliphatic rings. The van der Waals surface area contributed by atoms with Gasteiger partial charge in [-0.15, -0.1) is 11.3 Å². The largest absolute Gasteiger partial charge is 0.384 e. The maximum atomic E-state index is 11.0. The van der Waals surface area contributed by atoms with Crippen LogP contribution in [0.5, 0.6) is 0 Å². The van der Waals surface area contributed by atoms with E-state index in [2.05, 4.69) is 34.1 Å². The average molecular weight is 369 g/mol. The Morgan fingerprint density at radius 3 is 2.48 bits per heavy atom. The van der Waals surface area contributed by atoms with Crippen molar-refractivity contribution in [3.05, 3.63) is 33.6 Å². The predicted molar refractivity (Wildman–Crippen MR) is 86.5 cm³/mol. The third kappa shape index (κ3) is 2.45. The second-order valence-corrected chi connectivity index (χ2v) is 7.93. The van der Waals surface area contributed by atoms with E-state index in [0.29, 0.717) is 26.1 Å². The molecule has 0 unspecified atom stereocenters. The minimum atomic E-state index is -0.739. The molecule has 0 radical (unpaired) electrons. The van der Waals surface area contributed by atoms with Gasteiger partial charge in [0.2, 0.25) is 0 Å². The first kappa shape index (κ1) is 14.2. The summed E-state index contributed by atoms with van der Waals surface area (Å²) in [4.78, 5) is 1.06. The Kier molecular flexibility index (Phi) is 3.39. The fourth-order valence-electron chi connectivity index (χ4n) is 3.31. The lowest BCUT2D eigenvalue weighted by Crippen LogP contribution is -2.41. The second kappa shape index (κ2) is 5.03. The zero-order valence-electron chi connectivity index (χ0n) is 11.6. The Bertz CT molecular complexity index is 665. The number of fused-ring (bicyclic) bond motifs is 1. The summed E-state index contributed by atoms with van der Waals surface area (Å²) in [6.45, 7) is 1.35. The van der Waals surface area contributed by atoms with E-state index in [9.17, 15) is 5.11 Å². The second-order valence-electron chi connectivity index (χ2n) is 5.93. The minimum Gasteiger partial charge on any atom is -0.384 e. The number of ether oxygens (including phenoxy) is 2. The maximum absolute atomic E-state index is 11.0. The number of thiophene rings is 1. The molecule has 2 fully saturated rings. The lowest BCUT2D eigenvalue weighted by molar-refractivity contribution is -0.203. The Hall–Kier alpha value is -0.460. The van der Waals surface area contributed by atoms with Gasteiger partial charge in [-0.05, 0) is 36.4 Å². The van der Waals surface area contributed by atoms with Crippen LogP contribution >= 0.6 is 27.3 Å². The third-order valence-corrected chi connectivity index (χ3v) is 6.38. The van der Waals surface area contributed by atoms with Crippen LogP contribution in [0.25, 0.3) is 10.1 Å². The van der Waals surface area contributed by atoms with Crippen molar-refractivity contribution in [1.82, 2.24) is 0 Å². The van der Waals surface area contributed by atoms with Crippen molar-refractivity contribution in [3.63, 3.8) is 0 Å². The summed E-state index contributed by atoms with van der Waals surface area (Å²) in [5, 5.41) is 12.2. The summed E-state index contributed by atoms with van der Waals surface area (Å²) >= 11 is 5.19. The third-order valence-electron chi connectivity index (χ3n) is 4.59. The molecular formula is C16H17BrO3S. The molecule has 0 bridgehead atoms. The molecule has 1 saturated heterocycles. The molecule has 1 saturated carbocycles. The molecule has 1 aliphatic heterocycles. The highest BCUT2D eigenvalue weighted by atomic mass is 79.9. The van der Waals surface area contributed by atoms with Crippen molar-refractivity contribution in [2.45, 2.75) is 37.1 Å². The smallest absolute Gasteiger partial charge is 0.168 e. The van der Waals surface area contributed by atoms with Crippen molar-refractivity contribution in [2.24, 2.45) is 0 Å². The first-order chi connectivity index (χ1) is 10.1. The number of hydrogen-bond donors (Lipinski definition) is 1. The molecule has 1 aromatic heterocycles. The van der Waals surface area contributed by atoms with Crippen LogP contribution < -0.4 is 0 Å². The number of hydrogen-bond acceptors (Lipinski definition) is 4. The van der Waals surface area contributed by atoms with Crippen LogP contribution in [0, 0.1) is 0 Å². The van der Waals surface area contributed by atoms with Crippen LogP contribution in [-0.2, 0) is 15.1 Å². The van der Waals surface area contributed by atoms with Crippen molar-refractivity contribution in [1.29, 1.82) is 0 Å². The van der Waals surface area contributed by atoms with E-state index in [1.807, 2.05) is 6.07 Å². The fourth-order valence-corrected chi connectivity index (χ4v) is 5.07. The first-order valence-electron chi connectivity index (χ1n) is 7.29. The fraction of sp³-hybridized carbons (Fsp3) is 0.500. The monoisotopic (exact) mass is 368 g/mol. The van der Waals surface area contributed by atoms with Gasteiger partial charge in [-0.25, -0.2) is 0 Å². The SMILES string of the molecule is OC1(c2cc3ccc(Br)cc3s2)CCC2(CC1)OCCO2. The van der Waals surface area contributed by atoms with Gasteiger partial charge in [-0.2, -0.15) is 0 Å². The van der Waals surface area contributed by atoms with Gasteiger partial charge in [0.15, 0.2) is 5.79 Å². The first-order valence-corrected chi connectivity index (χ1v) is 8.90. The number of rotatable bonds is 1. The molecule has 4 rings (SSSR count). The molecule has 21 heavy (non-hydrogen) atoms. The lowest BCUT2D eigenvalue weighted by Gasteiger charge is -2.40. The number of aliphatic hydroxyl groups is 1. The van der Waals surface area contributed by atoms with Crippen molar-refractivity contribution in [3.8, 4) is 0 Å². The zero-order valence-corrected chi connectivity index (χ0v) is 14.0. The molecule has 5 heteroatoms. The van der Waals surface area contributed by atoms with E-state index in [0.717, 1.165) is 22.2 Å². The molecule has 1 spiro atoms. The summed E-state index contributed by atoms with van der Waals surface area (Å²) in [6.07, 6.45) is 2.92. The molecule has 0 amide bonds. The molecule has 112 valence electrons. The van der Waals surface area contributed by atoms with Gasteiger partial charge in [0, 0.05) is 26.9 Å². The van der Waals surface area contributed by atoms with Gasteiger partial charge in [0.05, 0.1) is 18.8 Å². The van der Waals surface area contributed by atoms with E-state index < -0.39 is 11.4 Å². The van der Waals surface area contributed by atoms with Crippen LogP contribution in [0.15, 0.2) is 28.7 Å². The quantitative estimate of drug-likeness (QED) is 0.820. The predicted octanol–water partition coefficient (Wildman–Crippen LogP) is 4.17. The van der Waals surface area contributed by atoms with E-state index >= 15 is 0 Å². The lowest BCUT2D eigenvalue weighted by atomic mass is 9.80. The maximum Gasteiger partial charge on any atom is 0.168 e. The minimum absolute atomic E-state index is 0.425. The molecule has 2 aromatic rings. The average Bonchev–Trinajstić information content (AvgIpc) is 3.10. The molecular weight excluding hydrogens is 352 g/mol. The van der Waals surface area contributed by atoms with E-state index in [-0.39, 0.29) is 0 Å². The molecule has 0 atom stereocenters. The van der Waals surface area contributed by atoms with Crippen molar-refractivity contribution in [2.75, 3.05) is 13.2 Å². The number of benzene rings is 1. The van der Waals surface area contributed by atoms with Gasteiger partial charge in [0.25, 0.3) is 0 Å². The number of halogens is 1. The standard InChI is InChI=1S/C16H17BrO3S/c17-12-2-1-11-9-14(21-13(11)10-12)15(18)3-5-16(6-4-15)19-7-8-20-16/h1-2,9-10,18H,3-8H2. The highest BCUT2D eigenvalue weighted by Gasteiger charge is 2.46. The van der Waals surface area contributed by atoms with Gasteiger partial charge in [-0.3, -0.25) is 0 Å². The Morgan fingerprint density at radius 1 is 1.05 bits per heavy atom. The van der Waals surface area contributed by atoms with Crippen LogP contribution in [0.3, 0.4) is 0 Å². The van der Waals surface area contributed by atoms with E-state index in [1.165, 1.54) is 10.1 Å². The Labute approximate surface area is 136 Å². The molecule has 3 nitrogen and oxygen atoms in total. The van der Waals surface area contributed by atoms with Crippen molar-refractivity contribution < 1.29 is 14.6 Å². The topological polar surface area (TPSA) is 38.7 Å². The molecule has 1 aliphatic carbocycles. The van der Waals surface area contributed by atoms with Crippen LogP contribution in [0.2, 0.25) is 0 Å². The highest BCUT2D eigenvalue weighted by molar-refractivity contribution is 9.10. The molecule has 1 N–H and O–H groups in total. The van der Waals surface area contributed by atoms with Crippen LogP contribution in [-0.4, -0.2) is 24.1 Å². The summed E-state index contributed by atoms with van der Waals surface area (Å²) in [5.74, 6) is -0.425. The zero-order chi connectivity index (χ0) is 14.5. The van der Waals surface area contributed by atoms with Gasteiger partial charge in [-0.1, -0.05) is 22.0 Å². The Morgan fingerprint density at radius 2 is 1.76 bits per heavy atom. The highest BCUT2D eigenvalue weighted by Crippen LogP contribution is 2.47. The van der Waals surface area contributed by atoms with Crippen LogP contribution in [0.1, 0.15) is 30.6 Å². The normalized spacial score (nSPS) is 23.9. The van der Waals surface area contributed by atoms with Crippen molar-refractivity contribution >= 4 is 37.4 Å².